The molecule has 0 amide bonds. The van der Waals surface area contributed by atoms with E-state index >= 15 is 0 Å². The van der Waals surface area contributed by atoms with Gasteiger partial charge in [0.25, 0.3) is 0 Å². The second-order valence-electron chi connectivity index (χ2n) is 11.2. The molecule has 0 aromatic heterocycles. The number of anilines is 4. The molecule has 5 aromatic carbocycles. The van der Waals surface area contributed by atoms with E-state index in [1.165, 1.54) is 66.5 Å². The number of benzene rings is 5. The van der Waals surface area contributed by atoms with Crippen LogP contribution in [0.15, 0.2) is 109 Å². The van der Waals surface area contributed by atoms with Crippen LogP contribution in [0.3, 0.4) is 0 Å². The molecule has 5 aromatic rings. The monoisotopic (exact) mass is 535 g/mol. The summed E-state index contributed by atoms with van der Waals surface area (Å²) < 4.78 is 0. The predicted molar refractivity (Wildman–Crippen MR) is 176 cm³/mol. The Labute approximate surface area is 241 Å². The van der Waals surface area contributed by atoms with E-state index in [1.807, 2.05) is 0 Å². The summed E-state index contributed by atoms with van der Waals surface area (Å²) in [6.07, 6.45) is 0. The van der Waals surface area contributed by atoms with Gasteiger partial charge in [-0.3, -0.25) is 0 Å². The van der Waals surface area contributed by atoms with Gasteiger partial charge in [-0.15, -0.1) is 0 Å². The van der Waals surface area contributed by atoms with E-state index in [9.17, 15) is 0 Å². The Morgan fingerprint density at radius 1 is 0.450 bits per heavy atom. The molecule has 1 heterocycles. The molecule has 6 rings (SSSR count). The number of hydrogen-bond acceptors (Lipinski definition) is 2. The average Bonchev–Trinajstić information content (AvgIpc) is 3.23. The zero-order valence-corrected chi connectivity index (χ0v) is 25.4. The van der Waals surface area contributed by atoms with Crippen LogP contribution in [0, 0.1) is 41.5 Å². The summed E-state index contributed by atoms with van der Waals surface area (Å²) in [5.74, 6) is 0. The highest BCUT2D eigenvalue weighted by molar-refractivity contribution is 7.36. The first-order valence-electron chi connectivity index (χ1n) is 14.2. The minimum atomic E-state index is -1.37. The topological polar surface area (TPSA) is 6.48 Å². The van der Waals surface area contributed by atoms with Crippen LogP contribution in [-0.4, -0.2) is 15.2 Å². The van der Waals surface area contributed by atoms with E-state index in [2.05, 4.69) is 160 Å². The van der Waals surface area contributed by atoms with E-state index in [4.69, 9.17) is 0 Å². The maximum absolute atomic E-state index is 2.67. The van der Waals surface area contributed by atoms with Crippen LogP contribution in [0.25, 0.3) is 0 Å². The van der Waals surface area contributed by atoms with Crippen LogP contribution < -0.4 is 20.0 Å². The molecule has 4 heteroatoms. The Hall–Kier alpha value is -4.02. The van der Waals surface area contributed by atoms with Crippen molar-refractivity contribution in [3.63, 3.8) is 0 Å². The van der Waals surface area contributed by atoms with E-state index in [-0.39, 0.29) is 6.57 Å². The molecule has 0 atom stereocenters. The molecule has 0 bridgehead atoms. The van der Waals surface area contributed by atoms with E-state index in [1.54, 1.807) is 0 Å². The van der Waals surface area contributed by atoms with Gasteiger partial charge in [-0.05, 0) is 75.9 Å². The average molecular weight is 536 g/mol. The van der Waals surface area contributed by atoms with Crippen molar-refractivity contribution in [2.75, 3.05) is 9.62 Å². The van der Waals surface area contributed by atoms with Crippen LogP contribution in [0.1, 0.15) is 33.4 Å². The number of nitrogens with zero attached hydrogens (tertiary/aromatic N) is 2. The Morgan fingerprint density at radius 3 is 1.12 bits per heavy atom. The smallest absolute Gasteiger partial charge is 0.220 e. The van der Waals surface area contributed by atoms with Gasteiger partial charge in [0, 0.05) is 11.4 Å². The standard InChI is InChI=1S/C36H36BN2Si/c1-25-21-27(3)35(28(4)22-25)38-33-19-13-14-20-34(33)39(36-29(5)23-26(2)24-30(36)6)37(38)40(31-15-9-7-10-16-31)32-17-11-8-12-18-32/h7-24H,1-6H3/q-1. The third-order valence-corrected chi connectivity index (χ3v) is 11.0. The van der Waals surface area contributed by atoms with Gasteiger partial charge in [0.15, 0.2) is 0 Å². The van der Waals surface area contributed by atoms with Crippen LogP contribution in [-0.2, 0) is 0 Å². The number of fused-ring (bicyclic) bond motifs is 1. The highest BCUT2D eigenvalue weighted by atomic mass is 28.3. The first kappa shape index (κ1) is 26.2. The SMILES string of the molecule is Cc1cc(C)c(N2B([Si-](c3ccccc3)c3ccccc3)N(c3c(C)cc(C)cc3C)c3ccccc32)c(C)c1. The third-order valence-electron chi connectivity index (χ3n) is 8.07. The zero-order valence-electron chi connectivity index (χ0n) is 24.4. The second-order valence-corrected chi connectivity index (χ2v) is 13.7. The van der Waals surface area contributed by atoms with Gasteiger partial charge < -0.3 is 9.62 Å². The first-order chi connectivity index (χ1) is 19.3. The van der Waals surface area contributed by atoms with Crippen molar-refractivity contribution in [2.24, 2.45) is 0 Å². The number of para-hydroxylation sites is 2. The van der Waals surface area contributed by atoms with Gasteiger partial charge in [0.05, 0.1) is 11.4 Å². The maximum Gasteiger partial charge on any atom is 0.220 e. The molecule has 0 N–H and O–H groups in total. The van der Waals surface area contributed by atoms with Crippen molar-refractivity contribution in [3.05, 3.63) is 143 Å². The lowest BCUT2D eigenvalue weighted by Gasteiger charge is -2.47. The normalized spacial score (nSPS) is 12.6. The lowest BCUT2D eigenvalue weighted by Crippen LogP contribution is -2.66. The van der Waals surface area contributed by atoms with Crippen LogP contribution in [0.2, 0.25) is 0 Å². The summed E-state index contributed by atoms with van der Waals surface area (Å²) in [6, 6.07) is 40.8. The van der Waals surface area contributed by atoms with Crippen molar-refractivity contribution in [1.82, 2.24) is 0 Å². The minimum Gasteiger partial charge on any atom is -0.392 e. The number of aryl methyl sites for hydroxylation is 6. The lowest BCUT2D eigenvalue weighted by molar-refractivity contribution is 1.25. The van der Waals surface area contributed by atoms with Gasteiger partial charge in [0.1, 0.15) is 0 Å². The summed E-state index contributed by atoms with van der Waals surface area (Å²) >= 11 is 0. The highest BCUT2D eigenvalue weighted by Gasteiger charge is 2.41. The molecule has 0 saturated carbocycles. The number of rotatable bonds is 5. The maximum atomic E-state index is 2.67. The molecule has 1 aliphatic heterocycles. The van der Waals surface area contributed by atoms with Crippen molar-refractivity contribution < 1.29 is 0 Å². The molecule has 2 nitrogen and oxygen atoms in total. The van der Waals surface area contributed by atoms with Crippen molar-refractivity contribution in [1.29, 1.82) is 0 Å². The largest absolute Gasteiger partial charge is 0.392 e. The second kappa shape index (κ2) is 10.5. The molecule has 1 aliphatic rings. The quantitative estimate of drug-likeness (QED) is 0.213. The highest BCUT2D eigenvalue weighted by Crippen LogP contribution is 2.49. The summed E-state index contributed by atoms with van der Waals surface area (Å²) in [5, 5.41) is 2.83. The summed E-state index contributed by atoms with van der Waals surface area (Å²) in [5.41, 5.74) is 13.1. The molecular formula is C36H36BN2Si-. The predicted octanol–water partition coefficient (Wildman–Crippen LogP) is 7.70. The fraction of sp³-hybridized carbons (Fsp3) is 0.167. The van der Waals surface area contributed by atoms with Crippen molar-refractivity contribution in [3.8, 4) is 0 Å². The Balaban J connectivity index is 1.72. The molecule has 0 aliphatic carbocycles. The lowest BCUT2D eigenvalue weighted by atomic mass is 9.94. The van der Waals surface area contributed by atoms with Crippen LogP contribution >= 0.6 is 0 Å². The fourth-order valence-electron chi connectivity index (χ4n) is 6.80. The molecule has 198 valence electrons. The molecular weight excluding hydrogens is 499 g/mol. The Morgan fingerprint density at radius 2 is 0.775 bits per heavy atom. The molecule has 0 radical (unpaired) electrons. The molecule has 0 saturated heterocycles. The molecule has 0 spiro atoms. The van der Waals surface area contributed by atoms with E-state index < -0.39 is 8.67 Å². The van der Waals surface area contributed by atoms with Gasteiger partial charge in [-0.1, -0.05) is 108 Å². The molecule has 40 heavy (non-hydrogen) atoms. The Bertz CT molecular complexity index is 1510. The zero-order chi connectivity index (χ0) is 28.0. The minimum absolute atomic E-state index is 0.0902. The van der Waals surface area contributed by atoms with Crippen molar-refractivity contribution in [2.45, 2.75) is 41.5 Å². The first-order valence-corrected chi connectivity index (χ1v) is 15.7. The van der Waals surface area contributed by atoms with E-state index in [0.29, 0.717) is 0 Å². The molecule has 0 fully saturated rings. The van der Waals surface area contributed by atoms with Gasteiger partial charge in [-0.25, -0.2) is 8.67 Å². The fourth-order valence-corrected chi connectivity index (χ4v) is 9.88. The summed E-state index contributed by atoms with van der Waals surface area (Å²) in [7, 11) is -1.37. The van der Waals surface area contributed by atoms with Gasteiger partial charge in [-0.2, -0.15) is 10.4 Å². The van der Waals surface area contributed by atoms with Crippen LogP contribution in [0.4, 0.5) is 22.7 Å². The van der Waals surface area contributed by atoms with Crippen molar-refractivity contribution >= 4 is 48.4 Å². The number of hydrogen-bond donors (Lipinski definition) is 0. The summed E-state index contributed by atoms with van der Waals surface area (Å²) in [4.78, 5) is 5.35. The third kappa shape index (κ3) is 4.47. The van der Waals surface area contributed by atoms with Gasteiger partial charge in [0.2, 0.25) is 6.57 Å². The van der Waals surface area contributed by atoms with E-state index in [0.717, 1.165) is 0 Å². The summed E-state index contributed by atoms with van der Waals surface area (Å²) in [6.45, 7) is 13.6. The molecule has 0 unspecified atom stereocenters. The van der Waals surface area contributed by atoms with Crippen LogP contribution in [0.5, 0.6) is 0 Å². The Kier molecular flexibility index (Phi) is 6.89. The van der Waals surface area contributed by atoms with Gasteiger partial charge >= 0.3 is 0 Å².